The second-order valence-electron chi connectivity index (χ2n) is 4.04. The van der Waals surface area contributed by atoms with Gasteiger partial charge in [0.05, 0.1) is 17.8 Å². The van der Waals surface area contributed by atoms with Crippen molar-refractivity contribution in [1.29, 1.82) is 0 Å². The fourth-order valence-corrected chi connectivity index (χ4v) is 1.53. The highest BCUT2D eigenvalue weighted by Gasteiger charge is 2.06. The lowest BCUT2D eigenvalue weighted by Crippen LogP contribution is -2.36. The number of carbonyl (C=O) groups is 2. The van der Waals surface area contributed by atoms with Gasteiger partial charge < -0.3 is 20.3 Å². The van der Waals surface area contributed by atoms with Crippen LogP contribution in [-0.2, 0) is 13.0 Å². The SMILES string of the molecule is O=C(NCCc1ncno1)NCc1cc(C(=O)O)ccn1. The molecule has 0 aliphatic rings. The van der Waals surface area contributed by atoms with Crippen molar-refractivity contribution in [2.45, 2.75) is 13.0 Å². The third kappa shape index (κ3) is 4.56. The molecule has 0 saturated carbocycles. The number of rotatable bonds is 6. The lowest BCUT2D eigenvalue weighted by molar-refractivity contribution is 0.0696. The zero-order chi connectivity index (χ0) is 15.1. The molecular weight excluding hydrogens is 278 g/mol. The van der Waals surface area contributed by atoms with Crippen molar-refractivity contribution in [3.05, 3.63) is 41.8 Å². The number of hydrogen-bond acceptors (Lipinski definition) is 6. The molecule has 21 heavy (non-hydrogen) atoms. The monoisotopic (exact) mass is 291 g/mol. The van der Waals surface area contributed by atoms with Gasteiger partial charge in [-0.1, -0.05) is 5.16 Å². The minimum absolute atomic E-state index is 0.124. The van der Waals surface area contributed by atoms with Crippen LogP contribution >= 0.6 is 0 Å². The van der Waals surface area contributed by atoms with Crippen LogP contribution in [-0.4, -0.2) is 38.8 Å². The Labute approximate surface area is 119 Å². The van der Waals surface area contributed by atoms with Gasteiger partial charge in [0.2, 0.25) is 5.89 Å². The minimum Gasteiger partial charge on any atom is -0.478 e. The van der Waals surface area contributed by atoms with Crippen LogP contribution in [0, 0.1) is 0 Å². The van der Waals surface area contributed by atoms with E-state index in [1.807, 2.05) is 0 Å². The summed E-state index contributed by atoms with van der Waals surface area (Å²) in [7, 11) is 0. The predicted octanol–water partition coefficient (Wildman–Crippen LogP) is 0.205. The molecule has 0 radical (unpaired) electrons. The summed E-state index contributed by atoms with van der Waals surface area (Å²) >= 11 is 0. The van der Waals surface area contributed by atoms with Crippen molar-refractivity contribution >= 4 is 12.0 Å². The van der Waals surface area contributed by atoms with E-state index < -0.39 is 12.0 Å². The van der Waals surface area contributed by atoms with Crippen LogP contribution in [0.1, 0.15) is 21.9 Å². The molecule has 2 aromatic rings. The molecule has 0 fully saturated rings. The molecule has 0 aliphatic carbocycles. The number of pyridine rings is 1. The molecule has 2 heterocycles. The fraction of sp³-hybridized carbons (Fsp3) is 0.250. The van der Waals surface area contributed by atoms with Crippen LogP contribution in [0.3, 0.4) is 0 Å². The quantitative estimate of drug-likeness (QED) is 0.693. The van der Waals surface area contributed by atoms with Crippen molar-refractivity contribution in [2.75, 3.05) is 6.54 Å². The van der Waals surface area contributed by atoms with Crippen molar-refractivity contribution < 1.29 is 19.2 Å². The lowest BCUT2D eigenvalue weighted by Gasteiger charge is -2.06. The third-order valence-corrected chi connectivity index (χ3v) is 2.52. The van der Waals surface area contributed by atoms with E-state index in [-0.39, 0.29) is 12.1 Å². The highest BCUT2D eigenvalue weighted by molar-refractivity contribution is 5.87. The van der Waals surface area contributed by atoms with Crippen LogP contribution in [0.25, 0.3) is 0 Å². The molecule has 3 N–H and O–H groups in total. The Morgan fingerprint density at radius 3 is 2.86 bits per heavy atom. The van der Waals surface area contributed by atoms with Gasteiger partial charge in [-0.25, -0.2) is 9.59 Å². The molecule has 0 spiro atoms. The van der Waals surface area contributed by atoms with Gasteiger partial charge >= 0.3 is 12.0 Å². The number of nitrogens with one attached hydrogen (secondary N) is 2. The Hall–Kier alpha value is -2.97. The zero-order valence-corrected chi connectivity index (χ0v) is 10.9. The van der Waals surface area contributed by atoms with Gasteiger partial charge in [-0.15, -0.1) is 0 Å². The van der Waals surface area contributed by atoms with E-state index >= 15 is 0 Å². The molecule has 0 aliphatic heterocycles. The molecule has 9 heteroatoms. The van der Waals surface area contributed by atoms with E-state index in [4.69, 9.17) is 9.63 Å². The minimum atomic E-state index is -1.04. The maximum Gasteiger partial charge on any atom is 0.335 e. The number of hydrogen-bond donors (Lipinski definition) is 3. The Balaban J connectivity index is 1.73. The van der Waals surface area contributed by atoms with Gasteiger partial charge in [0, 0.05) is 19.2 Å². The third-order valence-electron chi connectivity index (χ3n) is 2.52. The smallest absolute Gasteiger partial charge is 0.335 e. The van der Waals surface area contributed by atoms with E-state index in [9.17, 15) is 9.59 Å². The number of urea groups is 1. The molecule has 0 atom stereocenters. The topological polar surface area (TPSA) is 130 Å². The Kier molecular flexibility index (Phi) is 4.80. The molecule has 0 aromatic carbocycles. The van der Waals surface area contributed by atoms with Gasteiger partial charge in [-0.05, 0) is 12.1 Å². The summed E-state index contributed by atoms with van der Waals surface area (Å²) in [5.74, 6) is -0.603. The summed E-state index contributed by atoms with van der Waals surface area (Å²) in [5, 5.41) is 17.5. The van der Waals surface area contributed by atoms with Crippen LogP contribution in [0.5, 0.6) is 0 Å². The van der Waals surface area contributed by atoms with Crippen molar-refractivity contribution in [1.82, 2.24) is 25.8 Å². The normalized spacial score (nSPS) is 10.1. The standard InChI is InChI=1S/C12H13N5O4/c18-11(19)8-1-3-13-9(5-8)6-15-12(20)14-4-2-10-16-7-17-21-10/h1,3,5,7H,2,4,6H2,(H,18,19)(H2,14,15,20). The van der Waals surface area contributed by atoms with Crippen molar-refractivity contribution in [2.24, 2.45) is 0 Å². The summed E-state index contributed by atoms with van der Waals surface area (Å²) in [4.78, 5) is 30.1. The second kappa shape index (κ2) is 6.98. The number of carbonyl (C=O) groups excluding carboxylic acids is 1. The maximum atomic E-state index is 11.5. The summed E-state index contributed by atoms with van der Waals surface area (Å²) in [6.07, 6.45) is 3.10. The van der Waals surface area contributed by atoms with Crippen LogP contribution in [0.4, 0.5) is 4.79 Å². The zero-order valence-electron chi connectivity index (χ0n) is 10.9. The summed E-state index contributed by atoms with van der Waals surface area (Å²) in [6, 6.07) is 2.40. The highest BCUT2D eigenvalue weighted by Crippen LogP contribution is 2.01. The van der Waals surface area contributed by atoms with Gasteiger partial charge in [0.25, 0.3) is 0 Å². The Bertz CT molecular complexity index is 614. The van der Waals surface area contributed by atoms with Gasteiger partial charge in [-0.3, -0.25) is 4.98 Å². The Morgan fingerprint density at radius 1 is 1.29 bits per heavy atom. The van der Waals surface area contributed by atoms with Gasteiger partial charge in [-0.2, -0.15) is 4.98 Å². The summed E-state index contributed by atoms with van der Waals surface area (Å²) < 4.78 is 4.78. The number of carboxylic acid groups (broad SMARTS) is 1. The number of amides is 2. The first kappa shape index (κ1) is 14.4. The van der Waals surface area contributed by atoms with E-state index in [1.165, 1.54) is 24.7 Å². The Morgan fingerprint density at radius 2 is 2.14 bits per heavy atom. The maximum absolute atomic E-state index is 11.5. The van der Waals surface area contributed by atoms with Crippen molar-refractivity contribution in [3.63, 3.8) is 0 Å². The van der Waals surface area contributed by atoms with E-state index in [0.29, 0.717) is 24.6 Å². The molecule has 9 nitrogen and oxygen atoms in total. The first-order valence-electron chi connectivity index (χ1n) is 6.10. The predicted molar refractivity (Wildman–Crippen MR) is 69.4 cm³/mol. The summed E-state index contributed by atoms with van der Waals surface area (Å²) in [5.41, 5.74) is 0.584. The molecule has 0 saturated heterocycles. The molecule has 0 bridgehead atoms. The summed E-state index contributed by atoms with van der Waals surface area (Å²) in [6.45, 7) is 0.476. The van der Waals surface area contributed by atoms with Gasteiger partial charge in [0.1, 0.15) is 0 Å². The van der Waals surface area contributed by atoms with Gasteiger partial charge in [0.15, 0.2) is 6.33 Å². The van der Waals surface area contributed by atoms with Crippen LogP contribution in [0.2, 0.25) is 0 Å². The van der Waals surface area contributed by atoms with Crippen LogP contribution in [0.15, 0.2) is 29.2 Å². The molecule has 2 amide bonds. The van der Waals surface area contributed by atoms with E-state index in [2.05, 4.69) is 25.8 Å². The fourth-order valence-electron chi connectivity index (χ4n) is 1.53. The number of aromatic carboxylic acids is 1. The average Bonchev–Trinajstić information content (AvgIpc) is 2.99. The van der Waals surface area contributed by atoms with Crippen molar-refractivity contribution in [3.8, 4) is 0 Å². The lowest BCUT2D eigenvalue weighted by atomic mass is 10.2. The van der Waals surface area contributed by atoms with Crippen LogP contribution < -0.4 is 10.6 Å². The molecule has 110 valence electrons. The number of nitrogens with zero attached hydrogens (tertiary/aromatic N) is 3. The first-order valence-corrected chi connectivity index (χ1v) is 6.10. The molecular formula is C12H13N5O4. The van der Waals surface area contributed by atoms with E-state index in [1.54, 1.807) is 0 Å². The molecule has 2 rings (SSSR count). The highest BCUT2D eigenvalue weighted by atomic mass is 16.5. The number of aromatic nitrogens is 3. The second-order valence-corrected chi connectivity index (χ2v) is 4.04. The number of carboxylic acids is 1. The van der Waals surface area contributed by atoms with E-state index in [0.717, 1.165) is 0 Å². The first-order chi connectivity index (χ1) is 10.1. The molecule has 2 aromatic heterocycles. The molecule has 0 unspecified atom stereocenters. The average molecular weight is 291 g/mol. The largest absolute Gasteiger partial charge is 0.478 e.